The molecule has 0 spiro atoms. The molecule has 0 fully saturated rings. The maximum Gasteiger partial charge on any atom is 0.527 e. The molecule has 160 valence electrons. The lowest BCUT2D eigenvalue weighted by Gasteiger charge is -2.33. The highest BCUT2D eigenvalue weighted by Gasteiger charge is 2.32. The number of phosphoric ester groups is 1. The van der Waals surface area contributed by atoms with E-state index in [9.17, 15) is 14.4 Å². The minimum Gasteiger partial charge on any atom is -0.426 e. The van der Waals surface area contributed by atoms with Crippen molar-refractivity contribution in [2.45, 2.75) is 0 Å². The van der Waals surface area contributed by atoms with Gasteiger partial charge < -0.3 is 14.2 Å². The van der Waals surface area contributed by atoms with Gasteiger partial charge in [0.15, 0.2) is 0 Å². The van der Waals surface area contributed by atoms with Crippen LogP contribution in [0.2, 0.25) is 0 Å². The zero-order chi connectivity index (χ0) is 22.3. The number of fused-ring (bicyclic) bond motifs is 4. The fourth-order valence-corrected chi connectivity index (χ4v) is 4.44. The first-order valence-corrected chi connectivity index (χ1v) is 11.5. The van der Waals surface area contributed by atoms with E-state index < -0.39 is 7.82 Å². The molecule has 5 rings (SSSR count). The monoisotopic (exact) mass is 445 g/mol. The van der Waals surface area contributed by atoms with Crippen molar-refractivity contribution in [3.05, 3.63) is 108 Å². The molecule has 7 heteroatoms. The van der Waals surface area contributed by atoms with Crippen LogP contribution in [-0.4, -0.2) is 16.8 Å². The van der Waals surface area contributed by atoms with Gasteiger partial charge in [0.25, 0.3) is 0 Å². The van der Waals surface area contributed by atoms with E-state index in [-0.39, 0.29) is 5.95 Å². The van der Waals surface area contributed by atoms with E-state index in [0.29, 0.717) is 11.3 Å². The topological polar surface area (TPSA) is 79.2 Å². The number of rotatable bonds is 4. The third-order valence-corrected chi connectivity index (χ3v) is 5.80. The van der Waals surface area contributed by atoms with Gasteiger partial charge in [-0.3, -0.25) is 9.79 Å². The van der Waals surface area contributed by atoms with Gasteiger partial charge in [0.1, 0.15) is 5.75 Å². The van der Waals surface area contributed by atoms with Crippen LogP contribution in [0.25, 0.3) is 16.3 Å². The molecule has 0 amide bonds. The Bertz CT molecular complexity index is 1390. The Morgan fingerprint density at radius 2 is 1.50 bits per heavy atom. The summed E-state index contributed by atoms with van der Waals surface area (Å²) in [6.45, 7) is 0. The van der Waals surface area contributed by atoms with E-state index in [2.05, 4.69) is 4.90 Å². The summed E-state index contributed by atoms with van der Waals surface area (Å²) in [5.41, 5.74) is 3.75. The minimum atomic E-state index is -4.91. The molecule has 0 saturated carbocycles. The van der Waals surface area contributed by atoms with Crippen molar-refractivity contribution in [3.8, 4) is 5.75 Å². The van der Waals surface area contributed by atoms with Crippen LogP contribution in [0.1, 0.15) is 11.1 Å². The molecule has 0 bridgehead atoms. The normalized spacial score (nSPS) is 14.5. The number of hydrogen-bond donors (Lipinski definition) is 2. The lowest BCUT2D eigenvalue weighted by molar-refractivity contribution is 0.167. The first-order chi connectivity index (χ1) is 15.4. The average Bonchev–Trinajstić information content (AvgIpc) is 2.78. The summed E-state index contributed by atoms with van der Waals surface area (Å²) in [6, 6.07) is 28.3. The number of hydrogen-bond acceptors (Lipinski definition) is 4. The molecular formula is C25H20NO5P. The van der Waals surface area contributed by atoms with Crippen molar-refractivity contribution in [2.24, 2.45) is 0 Å². The number of benzene rings is 4. The summed E-state index contributed by atoms with van der Waals surface area (Å²) in [5.74, 6) is 0.156. The van der Waals surface area contributed by atoms with Crippen LogP contribution < -0.4 is 9.64 Å². The predicted molar refractivity (Wildman–Crippen MR) is 125 cm³/mol. The van der Waals surface area contributed by atoms with E-state index in [1.54, 1.807) is 24.3 Å². The maximum absolute atomic E-state index is 11.9. The second-order valence-electron chi connectivity index (χ2n) is 7.42. The van der Waals surface area contributed by atoms with Crippen LogP contribution in [0.3, 0.4) is 0 Å². The van der Waals surface area contributed by atoms with Gasteiger partial charge in [0, 0.05) is 29.2 Å². The van der Waals surface area contributed by atoms with Gasteiger partial charge in [-0.25, -0.2) is 4.57 Å². The fraction of sp³-hybridized carbons (Fsp3) is 0.0400. The van der Waals surface area contributed by atoms with Gasteiger partial charge >= 0.3 is 13.8 Å². The minimum absolute atomic E-state index is 0.249. The summed E-state index contributed by atoms with van der Waals surface area (Å²) < 4.78 is 23.0. The van der Waals surface area contributed by atoms with E-state index in [0.717, 1.165) is 33.3 Å². The zero-order valence-corrected chi connectivity index (χ0v) is 18.1. The Hall–Kier alpha value is -3.57. The Morgan fingerprint density at radius 3 is 2.28 bits per heavy atom. The molecule has 1 heterocycles. The number of nitrogens with zero attached hydrogens (tertiary/aromatic N) is 1. The van der Waals surface area contributed by atoms with Gasteiger partial charge in [0.2, 0.25) is 0 Å². The van der Waals surface area contributed by atoms with Crippen LogP contribution in [-0.2, 0) is 9.09 Å². The van der Waals surface area contributed by atoms with E-state index in [1.165, 1.54) is 0 Å². The Labute approximate surface area is 185 Å². The van der Waals surface area contributed by atoms with Crippen LogP contribution in [0.15, 0.2) is 96.9 Å². The molecule has 4 aromatic rings. The molecule has 0 radical (unpaired) electrons. The highest BCUT2D eigenvalue weighted by atomic mass is 31.2. The van der Waals surface area contributed by atoms with Gasteiger partial charge in [-0.05, 0) is 23.6 Å². The van der Waals surface area contributed by atoms with Crippen LogP contribution >= 0.6 is 7.82 Å². The lowest BCUT2D eigenvalue weighted by atomic mass is 9.88. The smallest absolute Gasteiger partial charge is 0.426 e. The molecule has 1 aliphatic rings. The first-order valence-electron chi connectivity index (χ1n) is 10.00. The highest BCUT2D eigenvalue weighted by molar-refractivity contribution is 7.46. The maximum atomic E-state index is 11.9. The van der Waals surface area contributed by atoms with E-state index in [4.69, 9.17) is 9.26 Å². The molecule has 2 N–H and O–H groups in total. The van der Waals surface area contributed by atoms with E-state index >= 15 is 0 Å². The zero-order valence-electron chi connectivity index (χ0n) is 17.2. The van der Waals surface area contributed by atoms with Crippen molar-refractivity contribution in [2.75, 3.05) is 11.9 Å². The number of ether oxygens (including phenoxy) is 1. The molecule has 0 aromatic heterocycles. The molecule has 1 aliphatic heterocycles. The molecule has 32 heavy (non-hydrogen) atoms. The number of anilines is 2. The second-order valence-corrected chi connectivity index (χ2v) is 8.58. The van der Waals surface area contributed by atoms with Crippen molar-refractivity contribution in [3.63, 3.8) is 0 Å². The van der Waals surface area contributed by atoms with Crippen LogP contribution in [0.5, 0.6) is 5.75 Å². The summed E-state index contributed by atoms with van der Waals surface area (Å²) in [7, 11) is -2.93. The SMILES string of the molecule is CN1c2ccccc2/C(=C(\Oc2ccccc2)OP(=O)(O)O)c2ccc3ccccc3c21. The third kappa shape index (κ3) is 3.65. The van der Waals surface area contributed by atoms with Crippen molar-refractivity contribution in [1.82, 2.24) is 0 Å². The molecule has 4 aromatic carbocycles. The number of para-hydroxylation sites is 2. The molecule has 0 saturated heterocycles. The lowest BCUT2D eigenvalue weighted by Crippen LogP contribution is -2.20. The Morgan fingerprint density at radius 1 is 0.812 bits per heavy atom. The average molecular weight is 445 g/mol. The van der Waals surface area contributed by atoms with Gasteiger partial charge in [-0.15, -0.1) is 0 Å². The van der Waals surface area contributed by atoms with E-state index in [1.807, 2.05) is 73.8 Å². The van der Waals surface area contributed by atoms with Crippen LogP contribution in [0.4, 0.5) is 11.4 Å². The standard InChI is InChI=1S/C25H20NO5P/c1-26-22-14-8-7-13-20(22)23(21-16-15-17-9-5-6-12-19(17)24(21)26)25(31-32(27,28)29)30-18-10-3-2-4-11-18/h2-16H,1H3,(H2,27,28,29)/b25-23-. The molecule has 6 nitrogen and oxygen atoms in total. The first kappa shape index (κ1) is 20.3. The van der Waals surface area contributed by atoms with Crippen molar-refractivity contribution in [1.29, 1.82) is 0 Å². The Kier molecular flexibility index (Phi) is 4.98. The highest BCUT2D eigenvalue weighted by Crippen LogP contribution is 2.51. The van der Waals surface area contributed by atoms with Crippen LogP contribution in [0, 0.1) is 0 Å². The van der Waals surface area contributed by atoms with Gasteiger partial charge in [-0.1, -0.05) is 72.8 Å². The largest absolute Gasteiger partial charge is 0.527 e. The molecule has 0 atom stereocenters. The third-order valence-electron chi connectivity index (χ3n) is 5.40. The fourth-order valence-electron chi connectivity index (χ4n) is 4.10. The predicted octanol–water partition coefficient (Wildman–Crippen LogP) is 5.83. The van der Waals surface area contributed by atoms with Gasteiger partial charge in [0.05, 0.1) is 11.3 Å². The molecule has 0 unspecified atom stereocenters. The summed E-state index contributed by atoms with van der Waals surface area (Å²) >= 11 is 0. The number of phosphoric acid groups is 1. The van der Waals surface area contributed by atoms with Crippen molar-refractivity contribution < 1.29 is 23.6 Å². The Balaban J connectivity index is 1.85. The summed E-state index contributed by atoms with van der Waals surface area (Å²) in [4.78, 5) is 21.4. The molecular weight excluding hydrogens is 425 g/mol. The van der Waals surface area contributed by atoms with Crippen molar-refractivity contribution >= 4 is 35.5 Å². The summed E-state index contributed by atoms with van der Waals surface area (Å²) in [6.07, 6.45) is 0. The molecule has 0 aliphatic carbocycles. The quantitative estimate of drug-likeness (QED) is 0.304. The second kappa shape index (κ2) is 7.84. The van der Waals surface area contributed by atoms with Gasteiger partial charge in [-0.2, -0.15) is 0 Å². The summed E-state index contributed by atoms with van der Waals surface area (Å²) in [5, 5.41) is 2.06.